The zero-order chi connectivity index (χ0) is 32.4. The van der Waals surface area contributed by atoms with E-state index in [0.29, 0.717) is 9.24 Å². The molecule has 0 saturated heterocycles. The molecule has 5 unspecified atom stereocenters. The van der Waals surface area contributed by atoms with Crippen molar-refractivity contribution in [1.82, 2.24) is 0 Å². The number of aliphatic hydroxyl groups is 1. The molecule has 40 heavy (non-hydrogen) atoms. The first-order valence-electron chi connectivity index (χ1n) is 9.33. The molecule has 0 aliphatic carbocycles. The summed E-state index contributed by atoms with van der Waals surface area (Å²) >= 11 is 0. The van der Waals surface area contributed by atoms with Gasteiger partial charge in [0.25, 0.3) is 6.36 Å². The van der Waals surface area contributed by atoms with E-state index < -0.39 is 93.0 Å². The second-order valence-electron chi connectivity index (χ2n) is 7.42. The number of hydrogen-bond acceptors (Lipinski definition) is 5. The molecule has 0 saturated carbocycles. The van der Waals surface area contributed by atoms with Gasteiger partial charge < -0.3 is 14.6 Å². The second kappa shape index (κ2) is 12.6. The summed E-state index contributed by atoms with van der Waals surface area (Å²) in [5, 5.41) is 5.30. The van der Waals surface area contributed by atoms with Gasteiger partial charge in [0, 0.05) is 0 Å². The van der Waals surface area contributed by atoms with Crippen LogP contribution in [0.5, 0.6) is 0 Å². The van der Waals surface area contributed by atoms with Gasteiger partial charge in [-0.05, 0) is 0 Å². The number of halogens is 19. The van der Waals surface area contributed by atoms with Crippen LogP contribution in [-0.2, 0) is 18.9 Å². The molecule has 0 aliphatic rings. The highest BCUT2D eigenvalue weighted by Gasteiger charge is 2.76. The number of rotatable bonds is 16. The van der Waals surface area contributed by atoms with Crippen LogP contribution < -0.4 is 0 Å². The molecule has 0 aliphatic heterocycles. The molecular weight excluding hydrogens is 652 g/mol. The molecule has 5 nitrogen and oxygen atoms in total. The highest BCUT2D eigenvalue weighted by molar-refractivity contribution is 7.18. The van der Waals surface area contributed by atoms with Crippen molar-refractivity contribution < 1.29 is 107 Å². The first-order valence-corrected chi connectivity index (χ1v) is 9.91. The molecule has 0 rings (SSSR count). The minimum absolute atomic E-state index is 0.678. The van der Waals surface area contributed by atoms with E-state index in [-0.39, 0.29) is 0 Å². The smallest absolute Gasteiger partial charge is 0.388 e. The molecule has 0 aromatic carbocycles. The van der Waals surface area contributed by atoms with Gasteiger partial charge in [0.15, 0.2) is 0 Å². The van der Waals surface area contributed by atoms with Crippen LogP contribution in [-0.4, -0.2) is 98.1 Å². The summed E-state index contributed by atoms with van der Waals surface area (Å²) in [4.78, 5) is 0. The second-order valence-corrected chi connectivity index (χ2v) is 8.38. The molecule has 0 bridgehead atoms. The fourth-order valence-electron chi connectivity index (χ4n) is 1.78. The standard InChI is InChI=1S/C15H14F19O5P/c16-6(38-14(31,32)10(21,22)12(25,26)27)8(18,19)3-36-1-5(35)2-37-4-9(20,40)7(17)39-15(33,34)11(23,24)13(28,29)30/h5-7,35H,1-4,40H2. The summed E-state index contributed by atoms with van der Waals surface area (Å²) in [7, 11) is 0.678. The van der Waals surface area contributed by atoms with Gasteiger partial charge in [-0.25, -0.2) is 13.2 Å². The van der Waals surface area contributed by atoms with Crippen LogP contribution in [0.4, 0.5) is 83.4 Å². The predicted octanol–water partition coefficient (Wildman–Crippen LogP) is 5.76. The van der Waals surface area contributed by atoms with E-state index in [0.717, 1.165) is 0 Å². The number of alkyl halides is 19. The molecule has 5 atom stereocenters. The molecule has 0 spiro atoms. The SMILES string of the molecule is OC(COCC(F)(F)C(F)OC(F)(F)C(F)(F)C(F)(F)F)COCC(F)(P)C(F)OC(F)(F)C(F)(F)C(F)(F)F. The quantitative estimate of drug-likeness (QED) is 0.168. The maximum absolute atomic E-state index is 14.0. The molecule has 1 N–H and O–H groups in total. The van der Waals surface area contributed by atoms with Gasteiger partial charge in [-0.3, -0.25) is 9.47 Å². The molecule has 0 aromatic rings. The van der Waals surface area contributed by atoms with Gasteiger partial charge in [-0.2, -0.15) is 70.2 Å². The van der Waals surface area contributed by atoms with Gasteiger partial charge >= 0.3 is 42.3 Å². The molecule has 0 aromatic heterocycles. The third kappa shape index (κ3) is 9.46. The van der Waals surface area contributed by atoms with E-state index in [4.69, 9.17) is 0 Å². The maximum atomic E-state index is 14.0. The molecule has 0 heterocycles. The lowest BCUT2D eigenvalue weighted by Gasteiger charge is -2.32. The lowest BCUT2D eigenvalue weighted by molar-refractivity contribution is -0.451. The number of ether oxygens (including phenoxy) is 4. The van der Waals surface area contributed by atoms with E-state index in [1.807, 2.05) is 0 Å². The lowest BCUT2D eigenvalue weighted by atomic mass is 10.3. The van der Waals surface area contributed by atoms with Crippen LogP contribution in [0, 0.1) is 0 Å². The van der Waals surface area contributed by atoms with Gasteiger partial charge in [-0.15, -0.1) is 0 Å². The Balaban J connectivity index is 4.86. The molecule has 242 valence electrons. The van der Waals surface area contributed by atoms with Gasteiger partial charge in [-0.1, -0.05) is 9.24 Å². The van der Waals surface area contributed by atoms with Crippen LogP contribution in [0.25, 0.3) is 0 Å². The van der Waals surface area contributed by atoms with Crippen LogP contribution in [0.3, 0.4) is 0 Å². The average Bonchev–Trinajstić information content (AvgIpc) is 2.70. The summed E-state index contributed by atoms with van der Waals surface area (Å²) in [6.45, 7) is -7.25. The van der Waals surface area contributed by atoms with Gasteiger partial charge in [0.1, 0.15) is 12.7 Å². The fourth-order valence-corrected chi connectivity index (χ4v) is 1.97. The fraction of sp³-hybridized carbons (Fsp3) is 1.00. The Labute approximate surface area is 211 Å². The highest BCUT2D eigenvalue weighted by Crippen LogP contribution is 2.50. The zero-order valence-electron chi connectivity index (χ0n) is 18.4. The summed E-state index contributed by atoms with van der Waals surface area (Å²) in [5.74, 6) is -19.5. The van der Waals surface area contributed by atoms with Gasteiger partial charge in [0.05, 0.1) is 19.8 Å². The Bertz CT molecular complexity index is 738. The third-order valence-corrected chi connectivity index (χ3v) is 4.32. The summed E-state index contributed by atoms with van der Waals surface area (Å²) < 4.78 is 254. The van der Waals surface area contributed by atoms with Crippen molar-refractivity contribution >= 4 is 9.24 Å². The highest BCUT2D eigenvalue weighted by atomic mass is 31.0. The van der Waals surface area contributed by atoms with Crippen LogP contribution in [0.2, 0.25) is 0 Å². The summed E-state index contributed by atoms with van der Waals surface area (Å²) in [6, 6.07) is 0. The molecule has 0 radical (unpaired) electrons. The van der Waals surface area contributed by atoms with E-state index in [1.165, 1.54) is 0 Å². The largest absolute Gasteiger partial charge is 0.462 e. The average molecular weight is 666 g/mol. The van der Waals surface area contributed by atoms with Crippen molar-refractivity contribution in [3.63, 3.8) is 0 Å². The monoisotopic (exact) mass is 666 g/mol. The van der Waals surface area contributed by atoms with Gasteiger partial charge in [0.2, 0.25) is 11.8 Å². The van der Waals surface area contributed by atoms with Crippen LogP contribution in [0.15, 0.2) is 0 Å². The van der Waals surface area contributed by atoms with E-state index in [2.05, 4.69) is 18.9 Å². The van der Waals surface area contributed by atoms with Crippen LogP contribution >= 0.6 is 9.24 Å². The minimum Gasteiger partial charge on any atom is -0.388 e. The summed E-state index contributed by atoms with van der Waals surface area (Å²) in [5.41, 5.74) is 0. The number of aliphatic hydroxyl groups excluding tert-OH is 1. The Hall–Kier alpha value is -1.10. The molecule has 25 heteroatoms. The van der Waals surface area contributed by atoms with Crippen LogP contribution in [0.1, 0.15) is 0 Å². The Morgan fingerprint density at radius 2 is 0.875 bits per heavy atom. The zero-order valence-corrected chi connectivity index (χ0v) is 19.6. The number of hydrogen-bond donors (Lipinski definition) is 1. The van der Waals surface area contributed by atoms with Crippen molar-refractivity contribution in [3.8, 4) is 0 Å². The van der Waals surface area contributed by atoms with Crippen molar-refractivity contribution in [2.45, 2.75) is 66.6 Å². The van der Waals surface area contributed by atoms with E-state index in [1.54, 1.807) is 0 Å². The Morgan fingerprint density at radius 1 is 0.550 bits per heavy atom. The molecule has 0 fully saturated rings. The normalized spacial score (nSPS) is 18.8. The summed E-state index contributed by atoms with van der Waals surface area (Å²) in [6.07, 6.45) is -39.0. The van der Waals surface area contributed by atoms with E-state index in [9.17, 15) is 88.5 Å². The first kappa shape index (κ1) is 38.9. The Kier molecular flexibility index (Phi) is 12.3. The molecule has 0 amide bonds. The van der Waals surface area contributed by atoms with Crippen molar-refractivity contribution in [2.75, 3.05) is 26.4 Å². The van der Waals surface area contributed by atoms with Crippen molar-refractivity contribution in [2.24, 2.45) is 0 Å². The van der Waals surface area contributed by atoms with E-state index >= 15 is 0 Å². The molecular formula is C15H14F19O5P. The topological polar surface area (TPSA) is 57.2 Å². The third-order valence-electron chi connectivity index (χ3n) is 3.89. The minimum atomic E-state index is -7.13. The Morgan fingerprint density at radius 3 is 1.23 bits per heavy atom. The maximum Gasteiger partial charge on any atom is 0.462 e. The first-order chi connectivity index (χ1) is 17.4. The predicted molar refractivity (Wildman–Crippen MR) is 90.0 cm³/mol. The van der Waals surface area contributed by atoms with Crippen molar-refractivity contribution in [1.29, 1.82) is 0 Å². The van der Waals surface area contributed by atoms with Crippen molar-refractivity contribution in [3.05, 3.63) is 0 Å². The lowest BCUT2D eigenvalue weighted by Crippen LogP contribution is -2.56.